The van der Waals surface area contributed by atoms with E-state index in [9.17, 15) is 0 Å². The second-order valence-electron chi connectivity index (χ2n) is 4.01. The van der Waals surface area contributed by atoms with Crippen LogP contribution in [0.1, 0.15) is 93.4 Å². The van der Waals surface area contributed by atoms with Gasteiger partial charge in [-0.2, -0.15) is 0 Å². The molecule has 0 heterocycles. The molecule has 0 aromatic rings. The summed E-state index contributed by atoms with van der Waals surface area (Å²) >= 11 is 0. The zero-order valence-electron chi connectivity index (χ0n) is 12.5. The largest absolute Gasteiger partial charge is 0.0683 e. The first-order valence-electron chi connectivity index (χ1n) is 7.22. The number of rotatable bonds is 6. The van der Waals surface area contributed by atoms with Crippen molar-refractivity contribution in [2.45, 2.75) is 93.4 Å². The predicted molar refractivity (Wildman–Crippen MR) is 75.5 cm³/mol. The minimum absolute atomic E-state index is 0.949. The third-order valence-corrected chi connectivity index (χ3v) is 2.44. The van der Waals surface area contributed by atoms with Gasteiger partial charge in [0, 0.05) is 0 Å². The van der Waals surface area contributed by atoms with Crippen molar-refractivity contribution in [1.82, 2.24) is 0 Å². The van der Waals surface area contributed by atoms with E-state index in [1.807, 2.05) is 13.8 Å². The third kappa shape index (κ3) is 31.5. The van der Waals surface area contributed by atoms with Gasteiger partial charge in [-0.1, -0.05) is 93.4 Å². The average molecular weight is 216 g/mol. The molecular weight excluding hydrogens is 180 g/mol. The van der Waals surface area contributed by atoms with E-state index in [1.54, 1.807) is 0 Å². The van der Waals surface area contributed by atoms with Crippen LogP contribution in [0.3, 0.4) is 0 Å². The lowest BCUT2D eigenvalue weighted by Gasteiger charge is -2.02. The molecule has 1 atom stereocenters. The SMILES string of the molecule is CC.CCCC(C)CC.CCCCCC. The molecule has 0 saturated carbocycles. The van der Waals surface area contributed by atoms with Crippen LogP contribution in [0, 0.1) is 5.92 Å². The highest BCUT2D eigenvalue weighted by Gasteiger charge is 1.92. The van der Waals surface area contributed by atoms with Crippen molar-refractivity contribution in [2.75, 3.05) is 0 Å². The van der Waals surface area contributed by atoms with Crippen LogP contribution in [0.25, 0.3) is 0 Å². The fraction of sp³-hybridized carbons (Fsp3) is 1.00. The van der Waals surface area contributed by atoms with Gasteiger partial charge in [0.2, 0.25) is 0 Å². The Bertz CT molecular complexity index is 62.4. The smallest absolute Gasteiger partial charge is 0.0446 e. The van der Waals surface area contributed by atoms with Crippen LogP contribution in [-0.4, -0.2) is 0 Å². The fourth-order valence-corrected chi connectivity index (χ4v) is 1.20. The van der Waals surface area contributed by atoms with E-state index >= 15 is 0 Å². The molecule has 0 fully saturated rings. The molecule has 0 aromatic heterocycles. The van der Waals surface area contributed by atoms with Gasteiger partial charge in [0.05, 0.1) is 0 Å². The molecule has 0 amide bonds. The Hall–Kier alpha value is 0. The molecule has 0 saturated heterocycles. The maximum absolute atomic E-state index is 2.31. The maximum Gasteiger partial charge on any atom is -0.0446 e. The van der Waals surface area contributed by atoms with Gasteiger partial charge >= 0.3 is 0 Å². The van der Waals surface area contributed by atoms with E-state index < -0.39 is 0 Å². The Balaban J connectivity index is -0.000000166. The van der Waals surface area contributed by atoms with Gasteiger partial charge in [-0.15, -0.1) is 0 Å². The summed E-state index contributed by atoms with van der Waals surface area (Å²) in [4.78, 5) is 0. The Morgan fingerprint density at radius 1 is 0.733 bits per heavy atom. The minimum Gasteiger partial charge on any atom is -0.0683 e. The number of hydrogen-bond acceptors (Lipinski definition) is 0. The standard InChI is InChI=1S/C7H16.C6H14.C2H6/c1-4-6-7(3)5-2;1-3-5-6-4-2;1-2/h7H,4-6H2,1-3H3;3-6H2,1-2H3;1-2H3. The molecule has 96 valence electrons. The van der Waals surface area contributed by atoms with Crippen molar-refractivity contribution in [1.29, 1.82) is 0 Å². The van der Waals surface area contributed by atoms with E-state index in [0.717, 1.165) is 5.92 Å². The van der Waals surface area contributed by atoms with Crippen LogP contribution in [0.5, 0.6) is 0 Å². The van der Waals surface area contributed by atoms with Crippen molar-refractivity contribution in [3.63, 3.8) is 0 Å². The van der Waals surface area contributed by atoms with Gasteiger partial charge in [-0.3, -0.25) is 0 Å². The summed E-state index contributed by atoms with van der Waals surface area (Å²) in [5, 5.41) is 0. The van der Waals surface area contributed by atoms with E-state index in [4.69, 9.17) is 0 Å². The Morgan fingerprint density at radius 2 is 1.13 bits per heavy atom. The summed E-state index contributed by atoms with van der Waals surface area (Å²) in [6, 6.07) is 0. The first-order valence-corrected chi connectivity index (χ1v) is 7.22. The molecule has 0 rings (SSSR count). The van der Waals surface area contributed by atoms with Crippen LogP contribution in [0.15, 0.2) is 0 Å². The number of hydrogen-bond donors (Lipinski definition) is 0. The summed E-state index contributed by atoms with van der Waals surface area (Å²) in [5.41, 5.74) is 0. The molecule has 0 aromatic carbocycles. The zero-order chi connectivity index (χ0) is 12.5. The first kappa shape index (κ1) is 20.4. The van der Waals surface area contributed by atoms with Crippen molar-refractivity contribution in [3.8, 4) is 0 Å². The molecule has 1 unspecified atom stereocenters. The summed E-state index contributed by atoms with van der Waals surface area (Å²) < 4.78 is 0. The van der Waals surface area contributed by atoms with Crippen molar-refractivity contribution in [2.24, 2.45) is 5.92 Å². The lowest BCUT2D eigenvalue weighted by molar-refractivity contribution is 0.509. The molecular formula is C15H36. The summed E-state index contributed by atoms with van der Waals surface area (Å²) in [5.74, 6) is 0.949. The Morgan fingerprint density at radius 3 is 1.27 bits per heavy atom. The van der Waals surface area contributed by atoms with E-state index in [0.29, 0.717) is 0 Å². The highest BCUT2D eigenvalue weighted by atomic mass is 14.0. The van der Waals surface area contributed by atoms with E-state index in [1.165, 1.54) is 44.9 Å². The molecule has 0 aliphatic heterocycles. The average Bonchev–Trinajstić information content (AvgIpc) is 2.30. The van der Waals surface area contributed by atoms with Gasteiger partial charge in [-0.05, 0) is 5.92 Å². The maximum atomic E-state index is 2.31. The zero-order valence-corrected chi connectivity index (χ0v) is 12.5. The summed E-state index contributed by atoms with van der Waals surface area (Å²) in [6.07, 6.45) is 9.62. The van der Waals surface area contributed by atoms with E-state index in [2.05, 4.69) is 34.6 Å². The highest BCUT2D eigenvalue weighted by Crippen LogP contribution is 2.07. The van der Waals surface area contributed by atoms with Gasteiger partial charge in [0.25, 0.3) is 0 Å². The molecule has 0 bridgehead atoms. The van der Waals surface area contributed by atoms with Gasteiger partial charge in [-0.25, -0.2) is 0 Å². The molecule has 0 nitrogen and oxygen atoms in total. The molecule has 0 heteroatoms. The van der Waals surface area contributed by atoms with Crippen molar-refractivity contribution >= 4 is 0 Å². The van der Waals surface area contributed by atoms with Crippen LogP contribution in [0.2, 0.25) is 0 Å². The Labute approximate surface area is 99.9 Å². The predicted octanol–water partition coefficient (Wildman–Crippen LogP) is 6.45. The lowest BCUT2D eigenvalue weighted by Crippen LogP contribution is -1.88. The number of unbranched alkanes of at least 4 members (excludes halogenated alkanes) is 3. The van der Waals surface area contributed by atoms with Crippen LogP contribution < -0.4 is 0 Å². The summed E-state index contributed by atoms with van der Waals surface area (Å²) in [6.45, 7) is 15.3. The van der Waals surface area contributed by atoms with E-state index in [-0.39, 0.29) is 0 Å². The monoisotopic (exact) mass is 216 g/mol. The normalized spacial score (nSPS) is 10.6. The molecule has 0 N–H and O–H groups in total. The molecule has 15 heavy (non-hydrogen) atoms. The van der Waals surface area contributed by atoms with Gasteiger partial charge < -0.3 is 0 Å². The topological polar surface area (TPSA) is 0 Å². The second kappa shape index (κ2) is 23.7. The third-order valence-electron chi connectivity index (χ3n) is 2.44. The van der Waals surface area contributed by atoms with Crippen molar-refractivity contribution in [3.05, 3.63) is 0 Å². The van der Waals surface area contributed by atoms with Crippen LogP contribution >= 0.6 is 0 Å². The molecule has 0 aliphatic carbocycles. The highest BCUT2D eigenvalue weighted by molar-refractivity contribution is 4.45. The quantitative estimate of drug-likeness (QED) is 0.448. The molecule has 0 radical (unpaired) electrons. The van der Waals surface area contributed by atoms with Gasteiger partial charge in [0.1, 0.15) is 0 Å². The lowest BCUT2D eigenvalue weighted by atomic mass is 10.0. The van der Waals surface area contributed by atoms with Crippen LogP contribution in [0.4, 0.5) is 0 Å². The first-order chi connectivity index (χ1) is 7.22. The van der Waals surface area contributed by atoms with Gasteiger partial charge in [0.15, 0.2) is 0 Å². The van der Waals surface area contributed by atoms with Crippen molar-refractivity contribution < 1.29 is 0 Å². The minimum atomic E-state index is 0.949. The molecule has 0 aliphatic rings. The summed E-state index contributed by atoms with van der Waals surface area (Å²) in [7, 11) is 0. The second-order valence-corrected chi connectivity index (χ2v) is 4.01. The fourth-order valence-electron chi connectivity index (χ4n) is 1.20. The molecule has 0 spiro atoms. The Kier molecular flexibility index (Phi) is 32.2. The van der Waals surface area contributed by atoms with Crippen LogP contribution in [-0.2, 0) is 0 Å².